The third kappa shape index (κ3) is 3.72. The van der Waals surface area contributed by atoms with Crippen molar-refractivity contribution in [2.24, 2.45) is 5.92 Å². The molecule has 5 nitrogen and oxygen atoms in total. The SMILES string of the molecule is O=C1C[C@@H]([C@H]2CCCCN2Cc2cc(Cl)c3c(c2)OCCCO3)CN1. The van der Waals surface area contributed by atoms with E-state index < -0.39 is 0 Å². The molecule has 25 heavy (non-hydrogen) atoms. The number of hydrogen-bond acceptors (Lipinski definition) is 4. The average molecular weight is 365 g/mol. The number of benzene rings is 1. The van der Waals surface area contributed by atoms with Crippen LogP contribution in [-0.2, 0) is 11.3 Å². The summed E-state index contributed by atoms with van der Waals surface area (Å²) in [5.74, 6) is 2.04. The summed E-state index contributed by atoms with van der Waals surface area (Å²) in [7, 11) is 0. The average Bonchev–Trinajstić information content (AvgIpc) is 2.89. The maximum absolute atomic E-state index is 11.6. The summed E-state index contributed by atoms with van der Waals surface area (Å²) in [5, 5.41) is 3.61. The normalized spacial score (nSPS) is 27.0. The standard InChI is InChI=1S/C19H25ClN2O3/c20-15-8-13(9-17-19(15)25-7-3-6-24-17)12-22-5-2-1-4-16(22)14-10-18(23)21-11-14/h8-9,14,16H,1-7,10-12H2,(H,21,23)/t14-,16-/m1/s1. The summed E-state index contributed by atoms with van der Waals surface area (Å²) >= 11 is 6.44. The number of rotatable bonds is 3. The zero-order valence-corrected chi connectivity index (χ0v) is 15.2. The summed E-state index contributed by atoms with van der Waals surface area (Å²) in [5.41, 5.74) is 1.15. The quantitative estimate of drug-likeness (QED) is 0.895. The Morgan fingerprint density at radius 1 is 1.20 bits per heavy atom. The molecular formula is C19H25ClN2O3. The third-order valence-electron chi connectivity index (χ3n) is 5.47. The monoisotopic (exact) mass is 364 g/mol. The molecule has 136 valence electrons. The molecular weight excluding hydrogens is 340 g/mol. The Balaban J connectivity index is 1.52. The molecule has 2 fully saturated rings. The highest BCUT2D eigenvalue weighted by Gasteiger charge is 2.34. The lowest BCUT2D eigenvalue weighted by molar-refractivity contribution is -0.119. The van der Waals surface area contributed by atoms with E-state index in [2.05, 4.69) is 16.3 Å². The molecule has 0 aliphatic carbocycles. The molecule has 0 unspecified atom stereocenters. The molecule has 0 radical (unpaired) electrons. The fourth-order valence-electron chi connectivity index (χ4n) is 4.26. The van der Waals surface area contributed by atoms with Crippen molar-refractivity contribution in [3.8, 4) is 11.5 Å². The van der Waals surface area contributed by atoms with Gasteiger partial charge >= 0.3 is 0 Å². The first-order valence-electron chi connectivity index (χ1n) is 9.29. The van der Waals surface area contributed by atoms with E-state index >= 15 is 0 Å². The molecule has 0 aromatic heterocycles. The van der Waals surface area contributed by atoms with Crippen molar-refractivity contribution in [3.63, 3.8) is 0 Å². The molecule has 2 saturated heterocycles. The zero-order valence-electron chi connectivity index (χ0n) is 14.4. The molecule has 3 aliphatic heterocycles. The first-order chi connectivity index (χ1) is 12.2. The molecule has 1 aromatic carbocycles. The predicted molar refractivity (Wildman–Crippen MR) is 96.2 cm³/mol. The van der Waals surface area contributed by atoms with Gasteiger partial charge in [-0.15, -0.1) is 0 Å². The molecule has 3 heterocycles. The van der Waals surface area contributed by atoms with Gasteiger partial charge in [0.25, 0.3) is 0 Å². The molecule has 1 amide bonds. The van der Waals surface area contributed by atoms with Crippen LogP contribution in [0.1, 0.15) is 37.7 Å². The Kier molecular flexibility index (Phi) is 5.04. The number of amides is 1. The number of likely N-dealkylation sites (tertiary alicyclic amines) is 1. The van der Waals surface area contributed by atoms with E-state index in [1.54, 1.807) is 0 Å². The van der Waals surface area contributed by atoms with Crippen LogP contribution in [-0.4, -0.2) is 43.2 Å². The number of carbonyl (C=O) groups is 1. The Bertz CT molecular complexity index is 652. The molecule has 4 rings (SSSR count). The minimum absolute atomic E-state index is 0.189. The predicted octanol–water partition coefficient (Wildman–Crippen LogP) is 2.99. The van der Waals surface area contributed by atoms with Gasteiger partial charge < -0.3 is 14.8 Å². The van der Waals surface area contributed by atoms with Gasteiger partial charge in [-0.05, 0) is 37.1 Å². The molecule has 0 bridgehead atoms. The fraction of sp³-hybridized carbons (Fsp3) is 0.632. The maximum atomic E-state index is 11.6. The van der Waals surface area contributed by atoms with E-state index in [0.717, 1.165) is 43.8 Å². The highest BCUT2D eigenvalue weighted by atomic mass is 35.5. The molecule has 0 spiro atoms. The summed E-state index contributed by atoms with van der Waals surface area (Å²) < 4.78 is 11.5. The molecule has 2 atom stereocenters. The van der Waals surface area contributed by atoms with E-state index in [0.29, 0.717) is 42.4 Å². The van der Waals surface area contributed by atoms with E-state index in [9.17, 15) is 4.79 Å². The third-order valence-corrected chi connectivity index (χ3v) is 5.75. The van der Waals surface area contributed by atoms with Gasteiger partial charge in [-0.2, -0.15) is 0 Å². The van der Waals surface area contributed by atoms with Gasteiger partial charge in [0.1, 0.15) is 0 Å². The van der Waals surface area contributed by atoms with Crippen molar-refractivity contribution < 1.29 is 14.3 Å². The largest absolute Gasteiger partial charge is 0.489 e. The lowest BCUT2D eigenvalue weighted by atomic mass is 9.89. The van der Waals surface area contributed by atoms with Crippen LogP contribution >= 0.6 is 11.6 Å². The van der Waals surface area contributed by atoms with Gasteiger partial charge in [0.15, 0.2) is 11.5 Å². The lowest BCUT2D eigenvalue weighted by Crippen LogP contribution is -2.44. The van der Waals surface area contributed by atoms with Gasteiger partial charge in [-0.25, -0.2) is 0 Å². The minimum atomic E-state index is 0.189. The second kappa shape index (κ2) is 7.42. The number of hydrogen-bond donors (Lipinski definition) is 1. The number of fused-ring (bicyclic) bond motifs is 1. The Morgan fingerprint density at radius 2 is 2.08 bits per heavy atom. The van der Waals surface area contributed by atoms with Gasteiger partial charge in [-0.3, -0.25) is 9.69 Å². The van der Waals surface area contributed by atoms with Gasteiger partial charge in [0.05, 0.1) is 18.2 Å². The summed E-state index contributed by atoms with van der Waals surface area (Å²) in [6.45, 7) is 4.02. The van der Waals surface area contributed by atoms with Gasteiger partial charge in [0, 0.05) is 37.9 Å². The van der Waals surface area contributed by atoms with Crippen LogP contribution in [0.25, 0.3) is 0 Å². The second-order valence-electron chi connectivity index (χ2n) is 7.26. The van der Waals surface area contributed by atoms with Crippen LogP contribution < -0.4 is 14.8 Å². The van der Waals surface area contributed by atoms with E-state index in [-0.39, 0.29) is 5.91 Å². The van der Waals surface area contributed by atoms with Crippen LogP contribution in [0, 0.1) is 5.92 Å². The van der Waals surface area contributed by atoms with Crippen LogP contribution in [0.4, 0.5) is 0 Å². The first-order valence-corrected chi connectivity index (χ1v) is 9.67. The second-order valence-corrected chi connectivity index (χ2v) is 7.66. The van der Waals surface area contributed by atoms with Crippen molar-refractivity contribution in [2.75, 3.05) is 26.3 Å². The maximum Gasteiger partial charge on any atom is 0.220 e. The van der Waals surface area contributed by atoms with Crippen LogP contribution in [0.3, 0.4) is 0 Å². The van der Waals surface area contributed by atoms with Gasteiger partial charge in [0.2, 0.25) is 5.91 Å². The number of ether oxygens (including phenoxy) is 2. The minimum Gasteiger partial charge on any atom is -0.489 e. The topological polar surface area (TPSA) is 50.8 Å². The highest BCUT2D eigenvalue weighted by molar-refractivity contribution is 6.32. The van der Waals surface area contributed by atoms with Crippen LogP contribution in [0.15, 0.2) is 12.1 Å². The highest BCUT2D eigenvalue weighted by Crippen LogP contribution is 2.39. The molecule has 3 aliphatic rings. The number of nitrogens with one attached hydrogen (secondary N) is 1. The zero-order chi connectivity index (χ0) is 17.2. The smallest absolute Gasteiger partial charge is 0.220 e. The number of piperidine rings is 1. The Labute approximate surface area is 153 Å². The van der Waals surface area contributed by atoms with E-state index in [1.165, 1.54) is 12.8 Å². The van der Waals surface area contributed by atoms with Crippen molar-refractivity contribution in [2.45, 2.75) is 44.7 Å². The number of carbonyl (C=O) groups excluding carboxylic acids is 1. The Hall–Kier alpha value is -1.46. The van der Waals surface area contributed by atoms with Crippen molar-refractivity contribution in [1.29, 1.82) is 0 Å². The molecule has 1 N–H and O–H groups in total. The number of halogens is 1. The summed E-state index contributed by atoms with van der Waals surface area (Å²) in [6.07, 6.45) is 5.15. The van der Waals surface area contributed by atoms with Crippen LogP contribution in [0.5, 0.6) is 11.5 Å². The Morgan fingerprint density at radius 3 is 2.92 bits per heavy atom. The van der Waals surface area contributed by atoms with E-state index in [1.807, 2.05) is 6.07 Å². The van der Waals surface area contributed by atoms with Crippen molar-refractivity contribution in [3.05, 3.63) is 22.7 Å². The molecule has 0 saturated carbocycles. The summed E-state index contributed by atoms with van der Waals surface area (Å²) in [4.78, 5) is 14.1. The van der Waals surface area contributed by atoms with Gasteiger partial charge in [-0.1, -0.05) is 18.0 Å². The van der Waals surface area contributed by atoms with Crippen molar-refractivity contribution in [1.82, 2.24) is 10.2 Å². The first kappa shape index (κ1) is 17.0. The molecule has 1 aromatic rings. The number of nitrogens with zero attached hydrogens (tertiary/aromatic N) is 1. The molecule has 6 heteroatoms. The van der Waals surface area contributed by atoms with Crippen molar-refractivity contribution >= 4 is 17.5 Å². The lowest BCUT2D eigenvalue weighted by Gasteiger charge is -2.39. The summed E-state index contributed by atoms with van der Waals surface area (Å²) in [6, 6.07) is 4.53. The van der Waals surface area contributed by atoms with Crippen LogP contribution in [0.2, 0.25) is 5.02 Å². The van der Waals surface area contributed by atoms with E-state index in [4.69, 9.17) is 21.1 Å². The fourth-order valence-corrected chi connectivity index (χ4v) is 4.54.